The number of rotatable bonds is 4. The summed E-state index contributed by atoms with van der Waals surface area (Å²) < 4.78 is 0. The Morgan fingerprint density at radius 2 is 1.68 bits per heavy atom. The van der Waals surface area contributed by atoms with Crippen molar-refractivity contribution in [3.63, 3.8) is 0 Å². The Bertz CT molecular complexity index is 904. The third-order valence-electron chi connectivity index (χ3n) is 3.83. The third-order valence-corrected chi connectivity index (χ3v) is 4.07. The zero-order chi connectivity index (χ0) is 17.8. The van der Waals surface area contributed by atoms with Gasteiger partial charge in [0.05, 0.1) is 17.4 Å². The van der Waals surface area contributed by atoms with Crippen molar-refractivity contribution in [1.82, 2.24) is 4.98 Å². The minimum absolute atomic E-state index is 0.195. The molecule has 3 rings (SSSR count). The van der Waals surface area contributed by atoms with Crippen LogP contribution in [0.4, 0.5) is 17.1 Å². The van der Waals surface area contributed by atoms with E-state index in [-0.39, 0.29) is 5.91 Å². The number of anilines is 3. The number of amides is 1. The number of aromatic nitrogens is 1. The van der Waals surface area contributed by atoms with E-state index in [1.54, 1.807) is 24.5 Å². The zero-order valence-corrected chi connectivity index (χ0v) is 14.8. The number of hydrogen-bond donors (Lipinski definition) is 2. The van der Waals surface area contributed by atoms with Crippen LogP contribution >= 0.6 is 11.6 Å². The van der Waals surface area contributed by atoms with Crippen molar-refractivity contribution in [2.75, 3.05) is 10.6 Å². The topological polar surface area (TPSA) is 54.0 Å². The van der Waals surface area contributed by atoms with Crippen LogP contribution < -0.4 is 10.6 Å². The smallest absolute Gasteiger partial charge is 0.257 e. The molecule has 5 heteroatoms. The molecular weight excluding hydrogens is 334 g/mol. The van der Waals surface area contributed by atoms with E-state index in [2.05, 4.69) is 15.6 Å². The molecule has 1 amide bonds. The Balaban J connectivity index is 1.80. The van der Waals surface area contributed by atoms with Gasteiger partial charge in [-0.3, -0.25) is 9.78 Å². The van der Waals surface area contributed by atoms with Gasteiger partial charge in [-0.15, -0.1) is 0 Å². The standard InChI is InChI=1S/C20H18ClN3O/c1-13-5-3-6-14(2)19(13)24-20(25)15-9-18(12-22-11-15)23-17-8-4-7-16(21)10-17/h3-12,23H,1-2H3,(H,24,25). The van der Waals surface area contributed by atoms with Crippen LogP contribution in [-0.4, -0.2) is 10.9 Å². The summed E-state index contributed by atoms with van der Waals surface area (Å²) in [7, 11) is 0. The van der Waals surface area contributed by atoms with Gasteiger partial charge in [0.15, 0.2) is 0 Å². The first-order chi connectivity index (χ1) is 12.0. The number of nitrogens with one attached hydrogen (secondary N) is 2. The van der Waals surface area contributed by atoms with Gasteiger partial charge in [0.2, 0.25) is 0 Å². The average molecular weight is 352 g/mol. The lowest BCUT2D eigenvalue weighted by Gasteiger charge is -2.12. The van der Waals surface area contributed by atoms with E-state index >= 15 is 0 Å². The maximum absolute atomic E-state index is 12.6. The van der Waals surface area contributed by atoms with Crippen molar-refractivity contribution in [1.29, 1.82) is 0 Å². The molecule has 0 bridgehead atoms. The molecule has 0 saturated carbocycles. The van der Waals surface area contributed by atoms with E-state index < -0.39 is 0 Å². The fraction of sp³-hybridized carbons (Fsp3) is 0.100. The summed E-state index contributed by atoms with van der Waals surface area (Å²) in [5.41, 5.74) is 4.91. The second kappa shape index (κ2) is 7.36. The average Bonchev–Trinajstić information content (AvgIpc) is 2.58. The number of carbonyl (C=O) groups is 1. The normalized spacial score (nSPS) is 10.4. The summed E-state index contributed by atoms with van der Waals surface area (Å²) >= 11 is 5.99. The van der Waals surface area contributed by atoms with Crippen molar-refractivity contribution in [3.05, 3.63) is 82.6 Å². The molecule has 25 heavy (non-hydrogen) atoms. The molecule has 0 fully saturated rings. The summed E-state index contributed by atoms with van der Waals surface area (Å²) in [6.45, 7) is 3.94. The summed E-state index contributed by atoms with van der Waals surface area (Å²) in [6, 6.07) is 15.0. The number of benzene rings is 2. The summed E-state index contributed by atoms with van der Waals surface area (Å²) in [6.07, 6.45) is 3.21. The Labute approximate surface area is 151 Å². The molecule has 0 saturated heterocycles. The monoisotopic (exact) mass is 351 g/mol. The van der Waals surface area contributed by atoms with Crippen LogP contribution in [0.3, 0.4) is 0 Å². The van der Waals surface area contributed by atoms with Gasteiger partial charge in [-0.25, -0.2) is 0 Å². The van der Waals surface area contributed by atoms with Crippen LogP contribution in [0.2, 0.25) is 5.02 Å². The molecule has 3 aromatic rings. The first-order valence-electron chi connectivity index (χ1n) is 7.88. The van der Waals surface area contributed by atoms with Crippen molar-refractivity contribution in [2.45, 2.75) is 13.8 Å². The molecule has 0 atom stereocenters. The van der Waals surface area contributed by atoms with E-state index in [0.717, 1.165) is 28.2 Å². The number of aryl methyl sites for hydroxylation is 2. The highest BCUT2D eigenvalue weighted by Gasteiger charge is 2.11. The Morgan fingerprint density at radius 3 is 2.40 bits per heavy atom. The number of halogens is 1. The van der Waals surface area contributed by atoms with Gasteiger partial charge in [-0.05, 0) is 49.2 Å². The van der Waals surface area contributed by atoms with Gasteiger partial charge in [-0.1, -0.05) is 35.9 Å². The molecular formula is C20H18ClN3O. The van der Waals surface area contributed by atoms with Crippen molar-refractivity contribution < 1.29 is 4.79 Å². The lowest BCUT2D eigenvalue weighted by atomic mass is 10.1. The Morgan fingerprint density at radius 1 is 0.960 bits per heavy atom. The number of para-hydroxylation sites is 1. The second-order valence-electron chi connectivity index (χ2n) is 5.82. The molecule has 0 radical (unpaired) electrons. The Hall–Kier alpha value is -2.85. The van der Waals surface area contributed by atoms with Gasteiger partial charge in [-0.2, -0.15) is 0 Å². The van der Waals surface area contributed by atoms with Crippen molar-refractivity contribution in [3.8, 4) is 0 Å². The third kappa shape index (κ3) is 4.17. The molecule has 0 unspecified atom stereocenters. The first kappa shape index (κ1) is 17.0. The highest BCUT2D eigenvalue weighted by Crippen LogP contribution is 2.22. The van der Waals surface area contributed by atoms with Crippen LogP contribution in [0, 0.1) is 13.8 Å². The number of pyridine rings is 1. The maximum atomic E-state index is 12.6. The number of carbonyl (C=O) groups excluding carboxylic acids is 1. The summed E-state index contributed by atoms with van der Waals surface area (Å²) in [5.74, 6) is -0.195. The van der Waals surface area contributed by atoms with Crippen LogP contribution in [0.25, 0.3) is 0 Å². The fourth-order valence-electron chi connectivity index (χ4n) is 2.56. The van der Waals surface area contributed by atoms with Crippen molar-refractivity contribution >= 4 is 34.6 Å². The van der Waals surface area contributed by atoms with E-state index in [9.17, 15) is 4.79 Å². The molecule has 2 N–H and O–H groups in total. The molecule has 126 valence electrons. The number of nitrogens with zero attached hydrogens (tertiary/aromatic N) is 1. The predicted molar refractivity (Wildman–Crippen MR) is 103 cm³/mol. The highest BCUT2D eigenvalue weighted by atomic mass is 35.5. The molecule has 2 aromatic carbocycles. The van der Waals surface area contributed by atoms with Crippen LogP contribution in [0.15, 0.2) is 60.9 Å². The maximum Gasteiger partial charge on any atom is 0.257 e. The Kier molecular flexibility index (Phi) is 5.00. The molecule has 1 heterocycles. The SMILES string of the molecule is Cc1cccc(C)c1NC(=O)c1cncc(Nc2cccc(Cl)c2)c1. The van der Waals surface area contributed by atoms with Gasteiger partial charge >= 0.3 is 0 Å². The fourth-order valence-corrected chi connectivity index (χ4v) is 2.75. The zero-order valence-electron chi connectivity index (χ0n) is 14.0. The van der Waals surface area contributed by atoms with Crippen molar-refractivity contribution in [2.24, 2.45) is 0 Å². The van der Waals surface area contributed by atoms with Crippen LogP contribution in [0.1, 0.15) is 21.5 Å². The van der Waals surface area contributed by atoms with Gasteiger partial charge in [0.1, 0.15) is 0 Å². The van der Waals surface area contributed by atoms with Gasteiger partial charge in [0.25, 0.3) is 5.91 Å². The van der Waals surface area contributed by atoms with Gasteiger partial charge < -0.3 is 10.6 Å². The lowest BCUT2D eigenvalue weighted by Crippen LogP contribution is -2.14. The van der Waals surface area contributed by atoms with Gasteiger partial charge in [0, 0.05) is 22.6 Å². The van der Waals surface area contributed by atoms with E-state index in [1.807, 2.05) is 50.2 Å². The molecule has 0 spiro atoms. The lowest BCUT2D eigenvalue weighted by molar-refractivity contribution is 0.102. The first-order valence-corrected chi connectivity index (χ1v) is 8.26. The van der Waals surface area contributed by atoms with Crippen LogP contribution in [0.5, 0.6) is 0 Å². The second-order valence-corrected chi connectivity index (χ2v) is 6.26. The summed E-state index contributed by atoms with van der Waals surface area (Å²) in [5, 5.41) is 6.81. The van der Waals surface area contributed by atoms with E-state index in [0.29, 0.717) is 10.6 Å². The molecule has 1 aromatic heterocycles. The molecule has 4 nitrogen and oxygen atoms in total. The largest absolute Gasteiger partial charge is 0.354 e. The van der Waals surface area contributed by atoms with Crippen LogP contribution in [-0.2, 0) is 0 Å². The predicted octanol–water partition coefficient (Wildman–Crippen LogP) is 5.35. The quantitative estimate of drug-likeness (QED) is 0.666. The van der Waals surface area contributed by atoms with E-state index in [1.165, 1.54) is 0 Å². The minimum Gasteiger partial charge on any atom is -0.354 e. The highest BCUT2D eigenvalue weighted by molar-refractivity contribution is 6.30. The molecule has 0 aliphatic rings. The number of hydrogen-bond acceptors (Lipinski definition) is 3. The molecule has 0 aliphatic heterocycles. The minimum atomic E-state index is -0.195. The van der Waals surface area contributed by atoms with E-state index in [4.69, 9.17) is 11.6 Å². The molecule has 0 aliphatic carbocycles. The summed E-state index contributed by atoms with van der Waals surface area (Å²) in [4.78, 5) is 16.7.